The van der Waals surface area contributed by atoms with E-state index in [1.165, 1.54) is 7.11 Å². The van der Waals surface area contributed by atoms with E-state index in [0.717, 1.165) is 21.5 Å². The SMILES string of the molecule is COC(=O)c1sc(Nc2cncc(Br)c2)nc1Cl. The number of nitrogens with zero attached hydrogens (tertiary/aromatic N) is 2. The van der Waals surface area contributed by atoms with Crippen LogP contribution in [-0.4, -0.2) is 23.0 Å². The molecule has 0 fully saturated rings. The van der Waals surface area contributed by atoms with E-state index in [9.17, 15) is 4.79 Å². The maximum absolute atomic E-state index is 11.4. The summed E-state index contributed by atoms with van der Waals surface area (Å²) in [5.74, 6) is -0.502. The molecule has 0 saturated heterocycles. The molecule has 2 heterocycles. The van der Waals surface area contributed by atoms with Crippen molar-refractivity contribution in [2.24, 2.45) is 0 Å². The van der Waals surface area contributed by atoms with E-state index in [4.69, 9.17) is 11.6 Å². The van der Waals surface area contributed by atoms with Gasteiger partial charge in [-0.15, -0.1) is 0 Å². The second-order valence-electron chi connectivity index (χ2n) is 3.15. The van der Waals surface area contributed by atoms with Gasteiger partial charge < -0.3 is 10.1 Å². The van der Waals surface area contributed by atoms with E-state index < -0.39 is 5.97 Å². The molecule has 0 aliphatic rings. The summed E-state index contributed by atoms with van der Waals surface area (Å²) in [6.07, 6.45) is 3.30. The van der Waals surface area contributed by atoms with Crippen LogP contribution in [0.4, 0.5) is 10.8 Å². The van der Waals surface area contributed by atoms with Crippen LogP contribution in [0.1, 0.15) is 9.67 Å². The van der Waals surface area contributed by atoms with Crippen LogP contribution in [0.15, 0.2) is 22.9 Å². The van der Waals surface area contributed by atoms with Crippen molar-refractivity contribution >= 4 is 55.7 Å². The van der Waals surface area contributed by atoms with Crippen LogP contribution < -0.4 is 5.32 Å². The number of hydrogen-bond donors (Lipinski definition) is 1. The zero-order valence-electron chi connectivity index (χ0n) is 9.11. The molecule has 0 aromatic carbocycles. The van der Waals surface area contributed by atoms with Crippen LogP contribution in [0.25, 0.3) is 0 Å². The summed E-state index contributed by atoms with van der Waals surface area (Å²) in [5, 5.41) is 3.63. The Labute approximate surface area is 120 Å². The fourth-order valence-corrected chi connectivity index (χ4v) is 2.67. The Kier molecular flexibility index (Phi) is 4.15. The maximum atomic E-state index is 11.4. The Bertz CT molecular complexity index is 590. The second kappa shape index (κ2) is 5.64. The van der Waals surface area contributed by atoms with E-state index in [1.54, 1.807) is 12.4 Å². The molecule has 0 atom stereocenters. The highest BCUT2D eigenvalue weighted by Gasteiger charge is 2.17. The van der Waals surface area contributed by atoms with Crippen LogP contribution in [-0.2, 0) is 4.74 Å². The minimum Gasteiger partial charge on any atom is -0.465 e. The van der Waals surface area contributed by atoms with Gasteiger partial charge in [0.25, 0.3) is 0 Å². The van der Waals surface area contributed by atoms with Gasteiger partial charge in [-0.1, -0.05) is 22.9 Å². The molecule has 8 heteroatoms. The highest BCUT2D eigenvalue weighted by atomic mass is 79.9. The summed E-state index contributed by atoms with van der Waals surface area (Å²) in [6, 6.07) is 1.83. The molecule has 2 aromatic heterocycles. The molecule has 2 rings (SSSR count). The number of esters is 1. The smallest absolute Gasteiger partial charge is 0.351 e. The lowest BCUT2D eigenvalue weighted by Crippen LogP contribution is -1.98. The van der Waals surface area contributed by atoms with Crippen LogP contribution >= 0.6 is 38.9 Å². The minimum absolute atomic E-state index is 0.123. The summed E-state index contributed by atoms with van der Waals surface area (Å²) in [6.45, 7) is 0. The van der Waals surface area contributed by atoms with Crippen molar-refractivity contribution < 1.29 is 9.53 Å². The first-order valence-corrected chi connectivity index (χ1v) is 6.71. The molecule has 0 radical (unpaired) electrons. The summed E-state index contributed by atoms with van der Waals surface area (Å²) >= 11 is 10.3. The summed E-state index contributed by atoms with van der Waals surface area (Å²) in [5.41, 5.74) is 0.742. The summed E-state index contributed by atoms with van der Waals surface area (Å²) < 4.78 is 5.44. The van der Waals surface area contributed by atoms with Crippen LogP contribution in [0, 0.1) is 0 Å². The number of carbonyl (C=O) groups excluding carboxylic acids is 1. The highest BCUT2D eigenvalue weighted by molar-refractivity contribution is 9.10. The molecule has 0 saturated carbocycles. The van der Waals surface area contributed by atoms with Crippen molar-refractivity contribution in [3.8, 4) is 0 Å². The molecule has 0 aliphatic heterocycles. The number of thiazole rings is 1. The molecule has 0 spiro atoms. The van der Waals surface area contributed by atoms with Gasteiger partial charge in [0.2, 0.25) is 0 Å². The molecule has 0 unspecified atom stereocenters. The van der Waals surface area contributed by atoms with E-state index >= 15 is 0 Å². The van der Waals surface area contributed by atoms with Gasteiger partial charge in [0, 0.05) is 10.7 Å². The summed E-state index contributed by atoms with van der Waals surface area (Å²) in [4.78, 5) is 19.7. The maximum Gasteiger partial charge on any atom is 0.351 e. The van der Waals surface area contributed by atoms with E-state index in [-0.39, 0.29) is 10.0 Å². The van der Waals surface area contributed by atoms with Gasteiger partial charge in [0.05, 0.1) is 19.0 Å². The molecule has 0 amide bonds. The zero-order valence-corrected chi connectivity index (χ0v) is 12.3. The van der Waals surface area contributed by atoms with Gasteiger partial charge in [-0.05, 0) is 22.0 Å². The highest BCUT2D eigenvalue weighted by Crippen LogP contribution is 2.29. The van der Waals surface area contributed by atoms with E-state index in [1.807, 2.05) is 6.07 Å². The quantitative estimate of drug-likeness (QED) is 0.860. The number of anilines is 2. The van der Waals surface area contributed by atoms with Gasteiger partial charge in [-0.2, -0.15) is 0 Å². The lowest BCUT2D eigenvalue weighted by molar-refractivity contribution is 0.0606. The number of carbonyl (C=O) groups is 1. The molecule has 0 bridgehead atoms. The number of ether oxygens (including phenoxy) is 1. The van der Waals surface area contributed by atoms with Crippen molar-refractivity contribution in [3.63, 3.8) is 0 Å². The number of pyridine rings is 1. The Hall–Kier alpha value is -1.18. The molecule has 94 valence electrons. The van der Waals surface area contributed by atoms with E-state index in [0.29, 0.717) is 5.13 Å². The standard InChI is InChI=1S/C10H7BrClN3O2S/c1-17-9(16)7-8(12)15-10(18-7)14-6-2-5(11)3-13-4-6/h2-4H,1H3,(H,14,15). The molecular formula is C10H7BrClN3O2S. The van der Waals surface area contributed by atoms with Gasteiger partial charge in [-0.3, -0.25) is 4.98 Å². The number of hydrogen-bond acceptors (Lipinski definition) is 6. The third-order valence-electron chi connectivity index (χ3n) is 1.91. The van der Waals surface area contributed by atoms with Crippen molar-refractivity contribution in [3.05, 3.63) is 33.0 Å². The number of methoxy groups -OCH3 is 1. The molecule has 2 aromatic rings. The number of halogens is 2. The monoisotopic (exact) mass is 347 g/mol. The fourth-order valence-electron chi connectivity index (χ4n) is 1.18. The predicted molar refractivity (Wildman–Crippen MR) is 73.7 cm³/mol. The lowest BCUT2D eigenvalue weighted by Gasteiger charge is -2.01. The lowest BCUT2D eigenvalue weighted by atomic mass is 10.4. The molecule has 0 aliphatic carbocycles. The Balaban J connectivity index is 2.23. The van der Waals surface area contributed by atoms with Gasteiger partial charge in [0.15, 0.2) is 15.2 Å². The number of nitrogens with one attached hydrogen (secondary N) is 1. The van der Waals surface area contributed by atoms with Gasteiger partial charge in [-0.25, -0.2) is 9.78 Å². The predicted octanol–water partition coefficient (Wildman–Crippen LogP) is 3.48. The topological polar surface area (TPSA) is 64.1 Å². The minimum atomic E-state index is -0.502. The van der Waals surface area contributed by atoms with Crippen LogP contribution in [0.3, 0.4) is 0 Å². The number of rotatable bonds is 3. The second-order valence-corrected chi connectivity index (χ2v) is 5.42. The number of aromatic nitrogens is 2. The first kappa shape index (κ1) is 13.3. The van der Waals surface area contributed by atoms with Gasteiger partial charge in [0.1, 0.15) is 0 Å². The zero-order chi connectivity index (χ0) is 13.1. The molecule has 1 N–H and O–H groups in total. The molecule has 18 heavy (non-hydrogen) atoms. The molecular weight excluding hydrogens is 342 g/mol. The van der Waals surface area contributed by atoms with Gasteiger partial charge >= 0.3 is 5.97 Å². The van der Waals surface area contributed by atoms with Crippen molar-refractivity contribution in [1.29, 1.82) is 0 Å². The first-order chi connectivity index (χ1) is 8.60. The van der Waals surface area contributed by atoms with Crippen molar-refractivity contribution in [2.75, 3.05) is 12.4 Å². The fraction of sp³-hybridized carbons (Fsp3) is 0.100. The average Bonchev–Trinajstić information content (AvgIpc) is 2.69. The average molecular weight is 349 g/mol. The van der Waals surface area contributed by atoms with Crippen LogP contribution in [0.5, 0.6) is 0 Å². The van der Waals surface area contributed by atoms with E-state index in [2.05, 4.69) is 36.0 Å². The Morgan fingerprint density at radius 1 is 1.56 bits per heavy atom. The molecule has 5 nitrogen and oxygen atoms in total. The Morgan fingerprint density at radius 3 is 3.00 bits per heavy atom. The third-order valence-corrected chi connectivity index (χ3v) is 3.68. The largest absolute Gasteiger partial charge is 0.465 e. The summed E-state index contributed by atoms with van der Waals surface area (Å²) in [7, 11) is 1.30. The Morgan fingerprint density at radius 2 is 2.33 bits per heavy atom. The van der Waals surface area contributed by atoms with Crippen molar-refractivity contribution in [2.45, 2.75) is 0 Å². The third kappa shape index (κ3) is 2.98. The van der Waals surface area contributed by atoms with Crippen molar-refractivity contribution in [1.82, 2.24) is 9.97 Å². The normalized spacial score (nSPS) is 10.2. The first-order valence-electron chi connectivity index (χ1n) is 4.72. The van der Waals surface area contributed by atoms with Crippen LogP contribution in [0.2, 0.25) is 5.15 Å².